The summed E-state index contributed by atoms with van der Waals surface area (Å²) in [5.74, 6) is 1.48. The lowest BCUT2D eigenvalue weighted by molar-refractivity contribution is -0.137. The van der Waals surface area contributed by atoms with Gasteiger partial charge in [-0.05, 0) is 76.7 Å². The van der Waals surface area contributed by atoms with Gasteiger partial charge in [0.1, 0.15) is 5.75 Å². The van der Waals surface area contributed by atoms with Crippen LogP contribution in [0.25, 0.3) is 10.2 Å². The zero-order valence-corrected chi connectivity index (χ0v) is 20.1. The summed E-state index contributed by atoms with van der Waals surface area (Å²) < 4.78 is 6.80. The number of aromatic nitrogens is 1. The number of carbonyl (C=O) groups excluding carboxylic acids is 1. The number of rotatable bonds is 5. The van der Waals surface area contributed by atoms with E-state index in [1.807, 2.05) is 19.1 Å². The first-order valence-electron chi connectivity index (χ1n) is 12.5. The molecule has 5 rings (SSSR count). The number of anilines is 1. The fourth-order valence-electron chi connectivity index (χ4n) is 5.60. The van der Waals surface area contributed by atoms with E-state index in [2.05, 4.69) is 20.8 Å². The maximum Gasteiger partial charge on any atom is 0.225 e. The smallest absolute Gasteiger partial charge is 0.225 e. The molecule has 1 aromatic carbocycles. The molecule has 0 radical (unpaired) electrons. The Kier molecular flexibility index (Phi) is 6.83. The molecule has 3 aliphatic rings. The Morgan fingerprint density at radius 3 is 2.50 bits per heavy atom. The minimum absolute atomic E-state index is 0.178. The van der Waals surface area contributed by atoms with Crippen molar-refractivity contribution in [3.63, 3.8) is 0 Å². The van der Waals surface area contributed by atoms with E-state index in [-0.39, 0.29) is 5.92 Å². The SMILES string of the molecule is CCOc1ccc2nc(N3CCC(C(=O)N4CCC(N5CCCCC5)CC4)CC3)sc2c1. The summed E-state index contributed by atoms with van der Waals surface area (Å²) in [7, 11) is 0. The van der Waals surface area contributed by atoms with Crippen molar-refractivity contribution in [2.75, 3.05) is 50.8 Å². The predicted molar refractivity (Wildman–Crippen MR) is 131 cm³/mol. The molecule has 0 aliphatic carbocycles. The van der Waals surface area contributed by atoms with Crippen LogP contribution in [0.2, 0.25) is 0 Å². The van der Waals surface area contributed by atoms with Crippen LogP contribution in [0, 0.1) is 5.92 Å². The summed E-state index contributed by atoms with van der Waals surface area (Å²) in [6.45, 7) is 8.92. The van der Waals surface area contributed by atoms with E-state index in [4.69, 9.17) is 9.72 Å². The lowest BCUT2D eigenvalue weighted by Gasteiger charge is -2.41. The van der Waals surface area contributed by atoms with Gasteiger partial charge in [0.25, 0.3) is 0 Å². The fraction of sp³-hybridized carbons (Fsp3) is 0.680. The second-order valence-corrected chi connectivity index (χ2v) is 10.5. The van der Waals surface area contributed by atoms with Crippen molar-refractivity contribution in [1.29, 1.82) is 0 Å². The topological polar surface area (TPSA) is 48.9 Å². The van der Waals surface area contributed by atoms with Gasteiger partial charge >= 0.3 is 0 Å². The first kappa shape index (κ1) is 22.0. The van der Waals surface area contributed by atoms with Crippen LogP contribution in [0.5, 0.6) is 5.75 Å². The molecule has 174 valence electrons. The van der Waals surface area contributed by atoms with Crippen LogP contribution in [0.1, 0.15) is 51.9 Å². The molecule has 4 heterocycles. The average Bonchev–Trinajstić information content (AvgIpc) is 3.28. The molecule has 1 amide bonds. The highest BCUT2D eigenvalue weighted by atomic mass is 32.1. The predicted octanol–water partition coefficient (Wildman–Crippen LogP) is 4.39. The van der Waals surface area contributed by atoms with Crippen molar-refractivity contribution in [3.05, 3.63) is 18.2 Å². The number of hydrogen-bond donors (Lipinski definition) is 0. The van der Waals surface area contributed by atoms with E-state index in [0.717, 1.165) is 68.3 Å². The van der Waals surface area contributed by atoms with Gasteiger partial charge in [-0.25, -0.2) is 4.98 Å². The third-order valence-corrected chi connectivity index (χ3v) is 8.54. The minimum Gasteiger partial charge on any atom is -0.494 e. The highest BCUT2D eigenvalue weighted by molar-refractivity contribution is 7.22. The van der Waals surface area contributed by atoms with Gasteiger partial charge in [-0.1, -0.05) is 17.8 Å². The van der Waals surface area contributed by atoms with Gasteiger partial charge in [0.2, 0.25) is 5.91 Å². The third-order valence-electron chi connectivity index (χ3n) is 7.46. The number of nitrogens with zero attached hydrogens (tertiary/aromatic N) is 4. The standard InChI is InChI=1S/C25H36N4O2S/c1-2-31-21-6-7-22-23(18-21)32-25(26-22)29-14-8-19(9-15-29)24(30)28-16-10-20(11-17-28)27-12-4-3-5-13-27/h6-7,18-20H,2-5,8-17H2,1H3. The fourth-order valence-corrected chi connectivity index (χ4v) is 6.64. The van der Waals surface area contributed by atoms with E-state index in [1.165, 1.54) is 37.1 Å². The van der Waals surface area contributed by atoms with Crippen LogP contribution < -0.4 is 9.64 Å². The lowest BCUT2D eigenvalue weighted by Crippen LogP contribution is -2.50. The first-order valence-corrected chi connectivity index (χ1v) is 13.3. The third kappa shape index (κ3) is 4.74. The number of benzene rings is 1. The molecule has 32 heavy (non-hydrogen) atoms. The van der Waals surface area contributed by atoms with Gasteiger partial charge < -0.3 is 19.4 Å². The van der Waals surface area contributed by atoms with Crippen LogP contribution in [-0.2, 0) is 4.79 Å². The number of fused-ring (bicyclic) bond motifs is 1. The second-order valence-electron chi connectivity index (χ2n) is 9.47. The van der Waals surface area contributed by atoms with Crippen molar-refractivity contribution >= 4 is 32.6 Å². The minimum atomic E-state index is 0.178. The molecule has 3 saturated heterocycles. The number of ether oxygens (including phenoxy) is 1. The van der Waals surface area contributed by atoms with Crippen LogP contribution in [-0.4, -0.2) is 72.6 Å². The summed E-state index contributed by atoms with van der Waals surface area (Å²) in [6.07, 6.45) is 8.26. The largest absolute Gasteiger partial charge is 0.494 e. The molecule has 0 bridgehead atoms. The molecule has 3 fully saturated rings. The molecule has 7 heteroatoms. The Labute approximate surface area is 195 Å². The van der Waals surface area contributed by atoms with Gasteiger partial charge in [-0.15, -0.1) is 0 Å². The molecule has 0 spiro atoms. The molecule has 6 nitrogen and oxygen atoms in total. The van der Waals surface area contributed by atoms with Crippen molar-refractivity contribution in [2.24, 2.45) is 5.92 Å². The highest BCUT2D eigenvalue weighted by Gasteiger charge is 2.33. The average molecular weight is 457 g/mol. The van der Waals surface area contributed by atoms with Gasteiger partial charge in [-0.3, -0.25) is 4.79 Å². The summed E-state index contributed by atoms with van der Waals surface area (Å²) in [4.78, 5) is 25.2. The second kappa shape index (κ2) is 9.96. The molecule has 3 aliphatic heterocycles. The number of likely N-dealkylation sites (tertiary alicyclic amines) is 2. The van der Waals surface area contributed by atoms with Crippen molar-refractivity contribution in [3.8, 4) is 5.75 Å². The molecule has 0 N–H and O–H groups in total. The normalized spacial score (nSPS) is 21.9. The van der Waals surface area contributed by atoms with Crippen LogP contribution in [0.15, 0.2) is 18.2 Å². The summed E-state index contributed by atoms with van der Waals surface area (Å²) >= 11 is 1.73. The van der Waals surface area contributed by atoms with Gasteiger partial charge in [-0.2, -0.15) is 0 Å². The molecule has 1 aromatic heterocycles. The maximum absolute atomic E-state index is 13.2. The summed E-state index contributed by atoms with van der Waals surface area (Å²) in [5.41, 5.74) is 1.03. The Bertz CT molecular complexity index is 910. The van der Waals surface area contributed by atoms with E-state index in [1.54, 1.807) is 11.3 Å². The number of amides is 1. The maximum atomic E-state index is 13.2. The van der Waals surface area contributed by atoms with Gasteiger partial charge in [0.15, 0.2) is 5.13 Å². The molecular formula is C25H36N4O2S. The monoisotopic (exact) mass is 456 g/mol. The Hall–Kier alpha value is -1.86. The van der Waals surface area contributed by atoms with E-state index >= 15 is 0 Å². The van der Waals surface area contributed by atoms with Crippen LogP contribution in [0.4, 0.5) is 5.13 Å². The Morgan fingerprint density at radius 1 is 1.03 bits per heavy atom. The molecule has 0 saturated carbocycles. The van der Waals surface area contributed by atoms with Crippen LogP contribution in [0.3, 0.4) is 0 Å². The number of hydrogen-bond acceptors (Lipinski definition) is 6. The lowest BCUT2D eigenvalue weighted by atomic mass is 9.93. The quantitative estimate of drug-likeness (QED) is 0.668. The van der Waals surface area contributed by atoms with E-state index in [0.29, 0.717) is 18.6 Å². The van der Waals surface area contributed by atoms with Crippen molar-refractivity contribution < 1.29 is 9.53 Å². The van der Waals surface area contributed by atoms with Gasteiger partial charge in [0.05, 0.1) is 16.8 Å². The molecule has 2 aromatic rings. The Morgan fingerprint density at radius 2 is 1.78 bits per heavy atom. The molecule has 0 atom stereocenters. The van der Waals surface area contributed by atoms with Crippen molar-refractivity contribution in [1.82, 2.24) is 14.8 Å². The zero-order chi connectivity index (χ0) is 21.9. The van der Waals surface area contributed by atoms with Crippen LogP contribution >= 0.6 is 11.3 Å². The number of thiazole rings is 1. The Balaban J connectivity index is 1.13. The van der Waals surface area contributed by atoms with E-state index < -0.39 is 0 Å². The van der Waals surface area contributed by atoms with Crippen molar-refractivity contribution in [2.45, 2.75) is 57.9 Å². The first-order chi connectivity index (χ1) is 15.7. The molecule has 0 unspecified atom stereocenters. The van der Waals surface area contributed by atoms with E-state index in [9.17, 15) is 4.79 Å². The number of carbonyl (C=O) groups is 1. The summed E-state index contributed by atoms with van der Waals surface area (Å²) in [6, 6.07) is 6.83. The number of piperidine rings is 3. The molecular weight excluding hydrogens is 420 g/mol. The van der Waals surface area contributed by atoms with Gasteiger partial charge in [0, 0.05) is 38.1 Å². The summed E-state index contributed by atoms with van der Waals surface area (Å²) in [5, 5.41) is 1.07. The zero-order valence-electron chi connectivity index (χ0n) is 19.3. The highest BCUT2D eigenvalue weighted by Crippen LogP contribution is 2.34.